The van der Waals surface area contributed by atoms with Crippen molar-refractivity contribution in [2.45, 2.75) is 18.9 Å². The molecule has 0 atom stereocenters. The Morgan fingerprint density at radius 3 is 2.64 bits per heavy atom. The van der Waals surface area contributed by atoms with Crippen LogP contribution in [0.25, 0.3) is 6.08 Å². The number of anilines is 1. The molecule has 1 aliphatic rings. The summed E-state index contributed by atoms with van der Waals surface area (Å²) in [6.07, 6.45) is 5.06. The Labute approximate surface area is 153 Å². The fraction of sp³-hybridized carbons (Fsp3) is 0.176. The predicted molar refractivity (Wildman–Crippen MR) is 96.4 cm³/mol. The lowest BCUT2D eigenvalue weighted by molar-refractivity contribution is -0.111. The third kappa shape index (κ3) is 4.66. The second-order valence-electron chi connectivity index (χ2n) is 5.44. The Bertz CT molecular complexity index is 879. The largest absolute Gasteiger partial charge is 0.349 e. The van der Waals surface area contributed by atoms with E-state index in [1.165, 1.54) is 6.08 Å². The number of hydrogen-bond donors (Lipinski definition) is 2. The zero-order valence-corrected chi connectivity index (χ0v) is 14.5. The van der Waals surface area contributed by atoms with Gasteiger partial charge in [-0.3, -0.25) is 14.9 Å². The molecule has 6 nitrogen and oxygen atoms in total. The summed E-state index contributed by atoms with van der Waals surface area (Å²) in [5.74, 6) is -0.463. The van der Waals surface area contributed by atoms with E-state index in [4.69, 9.17) is 16.9 Å². The van der Waals surface area contributed by atoms with Crippen LogP contribution in [0.3, 0.4) is 0 Å². The summed E-state index contributed by atoms with van der Waals surface area (Å²) in [4.78, 5) is 27.9. The van der Waals surface area contributed by atoms with Crippen molar-refractivity contribution in [2.24, 2.45) is 0 Å². The Morgan fingerprint density at radius 2 is 2.04 bits per heavy atom. The van der Waals surface area contributed by atoms with Gasteiger partial charge in [-0.1, -0.05) is 35.1 Å². The third-order valence-electron chi connectivity index (χ3n) is 3.43. The fourth-order valence-electron chi connectivity index (χ4n) is 1.98. The molecule has 1 saturated carbocycles. The van der Waals surface area contributed by atoms with Gasteiger partial charge in [-0.05, 0) is 36.6 Å². The van der Waals surface area contributed by atoms with Crippen LogP contribution in [-0.2, 0) is 4.79 Å². The van der Waals surface area contributed by atoms with Gasteiger partial charge in [0, 0.05) is 17.7 Å². The SMILES string of the molecule is N#Cc1sc(NC(=O)/C=C/c2ccc(C(=O)NC3CC3)cc2)nc1Cl. The van der Waals surface area contributed by atoms with Crippen LogP contribution in [0, 0.1) is 11.3 Å². The van der Waals surface area contributed by atoms with E-state index in [1.54, 1.807) is 30.3 Å². The van der Waals surface area contributed by atoms with Crippen LogP contribution in [0.1, 0.15) is 33.6 Å². The highest BCUT2D eigenvalue weighted by Gasteiger charge is 2.23. The molecule has 126 valence electrons. The number of nitrogens with zero attached hydrogens (tertiary/aromatic N) is 2. The van der Waals surface area contributed by atoms with E-state index in [1.807, 2.05) is 6.07 Å². The first-order chi connectivity index (χ1) is 12.0. The van der Waals surface area contributed by atoms with Crippen LogP contribution < -0.4 is 10.6 Å². The van der Waals surface area contributed by atoms with Crippen molar-refractivity contribution in [3.8, 4) is 6.07 Å². The summed E-state index contributed by atoms with van der Waals surface area (Å²) in [5.41, 5.74) is 1.38. The second kappa shape index (κ2) is 7.47. The standard InChI is InChI=1S/C17H13ClN4O2S/c18-15-13(9-19)25-17(22-15)21-14(23)8-3-10-1-4-11(5-2-10)16(24)20-12-6-7-12/h1-5,8,12H,6-7H2,(H,20,24)(H,21,22,23)/b8-3+. The van der Waals surface area contributed by atoms with Gasteiger partial charge >= 0.3 is 0 Å². The van der Waals surface area contributed by atoms with Gasteiger partial charge in [0.05, 0.1) is 0 Å². The molecule has 3 rings (SSSR count). The number of thiazole rings is 1. The van der Waals surface area contributed by atoms with Crippen LogP contribution in [0.15, 0.2) is 30.3 Å². The zero-order chi connectivity index (χ0) is 17.8. The monoisotopic (exact) mass is 372 g/mol. The number of hydrogen-bond acceptors (Lipinski definition) is 5. The van der Waals surface area contributed by atoms with Gasteiger partial charge < -0.3 is 5.32 Å². The number of aromatic nitrogens is 1. The van der Waals surface area contributed by atoms with Crippen LogP contribution in [0.2, 0.25) is 5.15 Å². The van der Waals surface area contributed by atoms with E-state index in [-0.39, 0.29) is 27.0 Å². The van der Waals surface area contributed by atoms with E-state index in [0.717, 1.165) is 29.7 Å². The summed E-state index contributed by atoms with van der Waals surface area (Å²) in [5, 5.41) is 14.6. The van der Waals surface area contributed by atoms with Gasteiger partial charge in [-0.15, -0.1) is 0 Å². The molecule has 1 aromatic heterocycles. The molecule has 1 aliphatic carbocycles. The molecule has 1 fully saturated rings. The Kier molecular flexibility index (Phi) is 5.12. The van der Waals surface area contributed by atoms with Crippen LogP contribution >= 0.6 is 22.9 Å². The van der Waals surface area contributed by atoms with Crippen molar-refractivity contribution >= 4 is 46.0 Å². The highest BCUT2D eigenvalue weighted by Crippen LogP contribution is 2.25. The van der Waals surface area contributed by atoms with Gasteiger partial charge in [-0.25, -0.2) is 4.98 Å². The molecule has 0 unspecified atom stereocenters. The Hall–Kier alpha value is -2.69. The molecule has 8 heteroatoms. The minimum Gasteiger partial charge on any atom is -0.349 e. The molecule has 0 aliphatic heterocycles. The minimum atomic E-state index is -0.384. The third-order valence-corrected chi connectivity index (χ3v) is 4.69. The Morgan fingerprint density at radius 1 is 1.32 bits per heavy atom. The average Bonchev–Trinajstić information content (AvgIpc) is 3.34. The number of rotatable bonds is 5. The van der Waals surface area contributed by atoms with E-state index < -0.39 is 0 Å². The van der Waals surface area contributed by atoms with Crippen molar-refractivity contribution in [3.63, 3.8) is 0 Å². The number of nitrogens with one attached hydrogen (secondary N) is 2. The maximum atomic E-state index is 11.9. The van der Waals surface area contributed by atoms with E-state index in [2.05, 4.69) is 15.6 Å². The molecular formula is C17H13ClN4O2S. The second-order valence-corrected chi connectivity index (χ2v) is 6.80. The molecule has 2 aromatic rings. The maximum Gasteiger partial charge on any atom is 0.251 e. The summed E-state index contributed by atoms with van der Waals surface area (Å²) in [6.45, 7) is 0. The number of nitriles is 1. The van der Waals surface area contributed by atoms with E-state index in [0.29, 0.717) is 11.6 Å². The summed E-state index contributed by atoms with van der Waals surface area (Å²) in [7, 11) is 0. The van der Waals surface area contributed by atoms with Crippen molar-refractivity contribution < 1.29 is 9.59 Å². The smallest absolute Gasteiger partial charge is 0.251 e. The van der Waals surface area contributed by atoms with E-state index >= 15 is 0 Å². The van der Waals surface area contributed by atoms with Gasteiger partial charge in [0.1, 0.15) is 10.9 Å². The van der Waals surface area contributed by atoms with Crippen molar-refractivity contribution in [3.05, 3.63) is 51.5 Å². The summed E-state index contributed by atoms with van der Waals surface area (Å²) in [6, 6.07) is 9.18. The van der Waals surface area contributed by atoms with Crippen molar-refractivity contribution in [1.82, 2.24) is 10.3 Å². The quantitative estimate of drug-likeness (QED) is 0.788. The van der Waals surface area contributed by atoms with E-state index in [9.17, 15) is 9.59 Å². The predicted octanol–water partition coefficient (Wildman–Crippen LogP) is 3.21. The highest BCUT2D eigenvalue weighted by molar-refractivity contribution is 7.16. The molecule has 1 heterocycles. The molecule has 1 aromatic carbocycles. The topological polar surface area (TPSA) is 94.9 Å². The summed E-state index contributed by atoms with van der Waals surface area (Å²) < 4.78 is 0. The number of carbonyl (C=O) groups excluding carboxylic acids is 2. The van der Waals surface area contributed by atoms with Crippen LogP contribution in [-0.4, -0.2) is 22.8 Å². The number of benzene rings is 1. The molecule has 0 radical (unpaired) electrons. The first-order valence-electron chi connectivity index (χ1n) is 7.51. The minimum absolute atomic E-state index is 0.0758. The average molecular weight is 373 g/mol. The molecule has 2 amide bonds. The number of halogens is 1. The van der Waals surface area contributed by atoms with Gasteiger partial charge in [0.2, 0.25) is 5.91 Å². The number of carbonyl (C=O) groups is 2. The van der Waals surface area contributed by atoms with Crippen LogP contribution in [0.5, 0.6) is 0 Å². The van der Waals surface area contributed by atoms with Gasteiger partial charge in [-0.2, -0.15) is 5.26 Å². The van der Waals surface area contributed by atoms with Gasteiger partial charge in [0.15, 0.2) is 10.3 Å². The Balaban J connectivity index is 1.57. The zero-order valence-electron chi connectivity index (χ0n) is 13.0. The van der Waals surface area contributed by atoms with Gasteiger partial charge in [0.25, 0.3) is 5.91 Å². The summed E-state index contributed by atoms with van der Waals surface area (Å²) >= 11 is 6.76. The fourth-order valence-corrected chi connectivity index (χ4v) is 2.93. The molecule has 25 heavy (non-hydrogen) atoms. The molecule has 0 saturated heterocycles. The first-order valence-corrected chi connectivity index (χ1v) is 8.71. The maximum absolute atomic E-state index is 11.9. The van der Waals surface area contributed by atoms with Crippen molar-refractivity contribution in [1.29, 1.82) is 5.26 Å². The lowest BCUT2D eigenvalue weighted by Crippen LogP contribution is -2.25. The molecular weight excluding hydrogens is 360 g/mol. The first kappa shape index (κ1) is 17.1. The van der Waals surface area contributed by atoms with Crippen LogP contribution in [0.4, 0.5) is 5.13 Å². The lowest BCUT2D eigenvalue weighted by Gasteiger charge is -2.03. The molecule has 0 bridgehead atoms. The lowest BCUT2D eigenvalue weighted by atomic mass is 10.1. The highest BCUT2D eigenvalue weighted by atomic mass is 35.5. The molecule has 2 N–H and O–H groups in total. The molecule has 0 spiro atoms. The normalized spacial score (nSPS) is 13.4. The number of amides is 2. The van der Waals surface area contributed by atoms with Crippen molar-refractivity contribution in [2.75, 3.05) is 5.32 Å².